The summed E-state index contributed by atoms with van der Waals surface area (Å²) in [4.78, 5) is 11.6. The fraction of sp³-hybridized carbons (Fsp3) is 0.600. The quantitative estimate of drug-likeness (QED) is 0.892. The monoisotopic (exact) mass is 289 g/mol. The molecule has 2 aliphatic carbocycles. The van der Waals surface area contributed by atoms with Crippen molar-refractivity contribution in [3.05, 3.63) is 16.8 Å². The van der Waals surface area contributed by atoms with Crippen LogP contribution in [0.1, 0.15) is 42.5 Å². The van der Waals surface area contributed by atoms with Crippen molar-refractivity contribution in [1.82, 2.24) is 9.97 Å². The summed E-state index contributed by atoms with van der Waals surface area (Å²) in [5.41, 5.74) is 1.48. The van der Waals surface area contributed by atoms with Crippen molar-refractivity contribution in [3.63, 3.8) is 0 Å². The first kappa shape index (κ1) is 12.5. The molecule has 20 heavy (non-hydrogen) atoms. The van der Waals surface area contributed by atoms with Gasteiger partial charge in [0, 0.05) is 10.9 Å². The molecule has 0 bridgehead atoms. The van der Waals surface area contributed by atoms with Crippen molar-refractivity contribution in [2.24, 2.45) is 0 Å². The van der Waals surface area contributed by atoms with Crippen LogP contribution in [0.3, 0.4) is 0 Å². The van der Waals surface area contributed by atoms with Gasteiger partial charge in [-0.05, 0) is 50.5 Å². The van der Waals surface area contributed by atoms with Crippen LogP contribution in [0.2, 0.25) is 0 Å². The van der Waals surface area contributed by atoms with Gasteiger partial charge in [0.15, 0.2) is 0 Å². The highest BCUT2D eigenvalue weighted by atomic mass is 32.1. The largest absolute Gasteiger partial charge is 0.393 e. The number of anilines is 1. The number of nitrogens with one attached hydrogen (secondary N) is 1. The summed E-state index contributed by atoms with van der Waals surface area (Å²) >= 11 is 1.83. The molecule has 2 aromatic heterocycles. The van der Waals surface area contributed by atoms with Gasteiger partial charge in [0.25, 0.3) is 0 Å². The molecule has 2 N–H and O–H groups in total. The third-order valence-electron chi connectivity index (χ3n) is 4.54. The molecule has 2 aromatic rings. The lowest BCUT2D eigenvalue weighted by Crippen LogP contribution is -2.28. The van der Waals surface area contributed by atoms with E-state index in [0.717, 1.165) is 36.3 Å². The number of fused-ring (bicyclic) bond motifs is 3. The van der Waals surface area contributed by atoms with Gasteiger partial charge in [-0.15, -0.1) is 11.3 Å². The molecule has 0 aromatic carbocycles. The second-order valence-electron chi connectivity index (χ2n) is 5.91. The minimum atomic E-state index is -0.108. The van der Waals surface area contributed by atoms with Crippen molar-refractivity contribution in [2.45, 2.75) is 57.1 Å². The molecule has 5 heteroatoms. The van der Waals surface area contributed by atoms with E-state index < -0.39 is 0 Å². The number of aliphatic hydroxyl groups excluding tert-OH is 1. The van der Waals surface area contributed by atoms with E-state index in [2.05, 4.69) is 15.3 Å². The zero-order chi connectivity index (χ0) is 13.5. The Kier molecular flexibility index (Phi) is 3.11. The number of hydrogen-bond acceptors (Lipinski definition) is 5. The predicted octanol–water partition coefficient (Wildman–Crippen LogP) is 2.90. The summed E-state index contributed by atoms with van der Waals surface area (Å²) in [5.74, 6) is 1.01. The molecule has 2 heterocycles. The molecule has 0 amide bonds. The van der Waals surface area contributed by atoms with Crippen LogP contribution in [-0.4, -0.2) is 27.2 Å². The summed E-state index contributed by atoms with van der Waals surface area (Å²) in [6, 6.07) is 0.438. The van der Waals surface area contributed by atoms with E-state index in [1.165, 1.54) is 35.1 Å². The molecule has 0 spiro atoms. The SMILES string of the molecule is O[C@H]1CC[C@H](Nc2ncnc3sc4c(c23)CCC4)CC1. The van der Waals surface area contributed by atoms with Gasteiger partial charge in [0.2, 0.25) is 0 Å². The highest BCUT2D eigenvalue weighted by Crippen LogP contribution is 2.39. The first-order valence-corrected chi connectivity index (χ1v) is 8.33. The van der Waals surface area contributed by atoms with E-state index in [9.17, 15) is 5.11 Å². The number of nitrogens with zero attached hydrogens (tertiary/aromatic N) is 2. The van der Waals surface area contributed by atoms with Crippen LogP contribution in [0.15, 0.2) is 6.33 Å². The third-order valence-corrected chi connectivity index (χ3v) is 5.74. The lowest BCUT2D eigenvalue weighted by molar-refractivity contribution is 0.126. The Balaban J connectivity index is 1.66. The fourth-order valence-corrected chi connectivity index (χ4v) is 4.68. The summed E-state index contributed by atoms with van der Waals surface area (Å²) in [6.45, 7) is 0. The van der Waals surface area contributed by atoms with Crippen molar-refractivity contribution in [1.29, 1.82) is 0 Å². The van der Waals surface area contributed by atoms with E-state index in [-0.39, 0.29) is 6.10 Å². The normalized spacial score (nSPS) is 25.9. The van der Waals surface area contributed by atoms with Crippen LogP contribution in [0.5, 0.6) is 0 Å². The number of aliphatic hydroxyl groups is 1. The van der Waals surface area contributed by atoms with E-state index >= 15 is 0 Å². The molecule has 106 valence electrons. The number of thiophene rings is 1. The molecule has 0 radical (unpaired) electrons. The molecule has 0 atom stereocenters. The summed E-state index contributed by atoms with van der Waals surface area (Å²) in [5, 5.41) is 14.5. The fourth-order valence-electron chi connectivity index (χ4n) is 3.45. The molecular formula is C15H19N3OS. The number of aromatic nitrogens is 2. The van der Waals surface area contributed by atoms with E-state index in [4.69, 9.17) is 0 Å². The second kappa shape index (κ2) is 4.97. The number of hydrogen-bond donors (Lipinski definition) is 2. The van der Waals surface area contributed by atoms with Gasteiger partial charge in [-0.25, -0.2) is 9.97 Å². The van der Waals surface area contributed by atoms with Gasteiger partial charge in [-0.2, -0.15) is 0 Å². The Morgan fingerprint density at radius 2 is 2.00 bits per heavy atom. The number of rotatable bonds is 2. The molecule has 1 saturated carbocycles. The highest BCUT2D eigenvalue weighted by Gasteiger charge is 2.24. The van der Waals surface area contributed by atoms with E-state index in [1.54, 1.807) is 6.33 Å². The van der Waals surface area contributed by atoms with Gasteiger partial charge in [-0.1, -0.05) is 0 Å². The Labute approximate surface area is 122 Å². The lowest BCUT2D eigenvalue weighted by atomic mass is 9.93. The second-order valence-corrected chi connectivity index (χ2v) is 6.99. The smallest absolute Gasteiger partial charge is 0.138 e. The number of aryl methyl sites for hydroxylation is 2. The standard InChI is InChI=1S/C15H19N3OS/c19-10-6-4-9(5-7-10)18-14-13-11-2-1-3-12(11)20-15(13)17-8-16-14/h8-10,19H,1-7H2,(H,16,17,18)/t9-,10-. The molecule has 1 fully saturated rings. The first-order valence-electron chi connectivity index (χ1n) is 7.51. The van der Waals surface area contributed by atoms with Crippen LogP contribution < -0.4 is 5.32 Å². The Hall–Kier alpha value is -1.20. The topological polar surface area (TPSA) is 58.0 Å². The minimum Gasteiger partial charge on any atom is -0.393 e. The first-order chi connectivity index (χ1) is 9.81. The van der Waals surface area contributed by atoms with Gasteiger partial charge < -0.3 is 10.4 Å². The molecule has 2 aliphatic rings. The molecule has 0 saturated heterocycles. The van der Waals surface area contributed by atoms with E-state index in [1.807, 2.05) is 11.3 Å². The zero-order valence-corrected chi connectivity index (χ0v) is 12.2. The molecule has 0 unspecified atom stereocenters. The van der Waals surface area contributed by atoms with Crippen LogP contribution in [0, 0.1) is 0 Å². The van der Waals surface area contributed by atoms with Crippen molar-refractivity contribution in [2.75, 3.05) is 5.32 Å². The molecule has 4 nitrogen and oxygen atoms in total. The maximum Gasteiger partial charge on any atom is 0.138 e. The Bertz CT molecular complexity index is 631. The third kappa shape index (κ3) is 2.09. The van der Waals surface area contributed by atoms with Crippen molar-refractivity contribution < 1.29 is 5.11 Å². The molecular weight excluding hydrogens is 270 g/mol. The molecule has 4 rings (SSSR count). The highest BCUT2D eigenvalue weighted by molar-refractivity contribution is 7.19. The van der Waals surface area contributed by atoms with Gasteiger partial charge in [0.1, 0.15) is 17.0 Å². The maximum absolute atomic E-state index is 9.61. The summed E-state index contributed by atoms with van der Waals surface area (Å²) in [6.07, 6.45) is 9.05. The van der Waals surface area contributed by atoms with Crippen molar-refractivity contribution >= 4 is 27.4 Å². The van der Waals surface area contributed by atoms with Crippen LogP contribution >= 0.6 is 11.3 Å². The zero-order valence-electron chi connectivity index (χ0n) is 11.4. The lowest BCUT2D eigenvalue weighted by Gasteiger charge is -2.26. The Morgan fingerprint density at radius 3 is 2.85 bits per heavy atom. The van der Waals surface area contributed by atoms with Crippen LogP contribution in [-0.2, 0) is 12.8 Å². The van der Waals surface area contributed by atoms with Gasteiger partial charge >= 0.3 is 0 Å². The maximum atomic E-state index is 9.61. The average molecular weight is 289 g/mol. The van der Waals surface area contributed by atoms with E-state index in [0.29, 0.717) is 6.04 Å². The molecule has 0 aliphatic heterocycles. The van der Waals surface area contributed by atoms with Crippen LogP contribution in [0.25, 0.3) is 10.2 Å². The summed E-state index contributed by atoms with van der Waals surface area (Å²) < 4.78 is 0. The van der Waals surface area contributed by atoms with Crippen molar-refractivity contribution in [3.8, 4) is 0 Å². The predicted molar refractivity (Wildman–Crippen MR) is 81.3 cm³/mol. The minimum absolute atomic E-state index is 0.108. The Morgan fingerprint density at radius 1 is 1.15 bits per heavy atom. The van der Waals surface area contributed by atoms with Gasteiger partial charge in [0.05, 0.1) is 11.5 Å². The average Bonchev–Trinajstić information content (AvgIpc) is 3.02. The summed E-state index contributed by atoms with van der Waals surface area (Å²) in [7, 11) is 0. The van der Waals surface area contributed by atoms with Crippen LogP contribution in [0.4, 0.5) is 5.82 Å². The van der Waals surface area contributed by atoms with Gasteiger partial charge in [-0.3, -0.25) is 0 Å².